The van der Waals surface area contributed by atoms with Gasteiger partial charge in [-0.15, -0.1) is 0 Å². The van der Waals surface area contributed by atoms with E-state index in [1.165, 1.54) is 6.20 Å². The van der Waals surface area contributed by atoms with Crippen LogP contribution in [0.3, 0.4) is 0 Å². The molecule has 0 radical (unpaired) electrons. The smallest absolute Gasteiger partial charge is 0.339 e. The van der Waals surface area contributed by atoms with Gasteiger partial charge in [-0.1, -0.05) is 0 Å². The molecule has 6 heteroatoms. The van der Waals surface area contributed by atoms with Crippen LogP contribution in [0.15, 0.2) is 17.0 Å². The summed E-state index contributed by atoms with van der Waals surface area (Å²) >= 11 is 3.30. The summed E-state index contributed by atoms with van der Waals surface area (Å²) in [7, 11) is 1.84. The molecule has 0 atom stereocenters. The second kappa shape index (κ2) is 4.21. The molecule has 0 saturated carbocycles. The number of imidazole rings is 1. The Bertz CT molecular complexity index is 550. The summed E-state index contributed by atoms with van der Waals surface area (Å²) in [4.78, 5) is 19.9. The van der Waals surface area contributed by atoms with Crippen molar-refractivity contribution in [3.05, 3.63) is 22.6 Å². The van der Waals surface area contributed by atoms with Crippen LogP contribution in [0, 0.1) is 0 Å². The molecule has 2 aromatic rings. The summed E-state index contributed by atoms with van der Waals surface area (Å²) in [6.07, 6.45) is 1.49. The number of aromatic nitrogens is 3. The third kappa shape index (κ3) is 1.80. The Hall–Kier alpha value is -1.43. The fourth-order valence-corrected chi connectivity index (χ4v) is 1.73. The molecule has 0 aliphatic rings. The van der Waals surface area contributed by atoms with Gasteiger partial charge in [-0.05, 0) is 28.9 Å². The van der Waals surface area contributed by atoms with Crippen molar-refractivity contribution in [2.24, 2.45) is 7.05 Å². The number of pyridine rings is 1. The molecule has 0 amide bonds. The van der Waals surface area contributed by atoms with Gasteiger partial charge in [0, 0.05) is 13.2 Å². The summed E-state index contributed by atoms with van der Waals surface area (Å²) in [6, 6.07) is 1.67. The minimum Gasteiger partial charge on any atom is -0.462 e. The largest absolute Gasteiger partial charge is 0.462 e. The molecule has 0 unspecified atom stereocenters. The lowest BCUT2D eigenvalue weighted by Gasteiger charge is -2.00. The van der Waals surface area contributed by atoms with Crippen LogP contribution < -0.4 is 0 Å². The topological polar surface area (TPSA) is 57.0 Å². The zero-order chi connectivity index (χ0) is 11.7. The molecular weight excluding hydrogens is 274 g/mol. The van der Waals surface area contributed by atoms with Crippen LogP contribution in [-0.4, -0.2) is 27.1 Å². The summed E-state index contributed by atoms with van der Waals surface area (Å²) in [5.74, 6) is -0.376. The van der Waals surface area contributed by atoms with E-state index in [9.17, 15) is 4.79 Å². The molecule has 0 aromatic carbocycles. The highest BCUT2D eigenvalue weighted by Crippen LogP contribution is 2.17. The Morgan fingerprint density at radius 1 is 1.62 bits per heavy atom. The van der Waals surface area contributed by atoms with E-state index < -0.39 is 0 Å². The molecule has 84 valence electrons. The summed E-state index contributed by atoms with van der Waals surface area (Å²) in [6.45, 7) is 2.12. The molecule has 0 N–H and O–H groups in total. The number of ether oxygens (including phenoxy) is 1. The van der Waals surface area contributed by atoms with Crippen LogP contribution in [-0.2, 0) is 11.8 Å². The van der Waals surface area contributed by atoms with E-state index in [0.29, 0.717) is 22.4 Å². The molecule has 0 spiro atoms. The van der Waals surface area contributed by atoms with Crippen LogP contribution in [0.25, 0.3) is 11.2 Å². The van der Waals surface area contributed by atoms with Crippen molar-refractivity contribution in [1.29, 1.82) is 0 Å². The maximum atomic E-state index is 11.5. The van der Waals surface area contributed by atoms with Gasteiger partial charge in [-0.25, -0.2) is 14.8 Å². The van der Waals surface area contributed by atoms with E-state index >= 15 is 0 Å². The first-order valence-electron chi connectivity index (χ1n) is 4.78. The number of rotatable bonds is 2. The van der Waals surface area contributed by atoms with Crippen molar-refractivity contribution in [3.63, 3.8) is 0 Å². The van der Waals surface area contributed by atoms with Gasteiger partial charge in [0.15, 0.2) is 10.4 Å². The van der Waals surface area contributed by atoms with Gasteiger partial charge < -0.3 is 9.30 Å². The first-order chi connectivity index (χ1) is 7.63. The lowest BCUT2D eigenvalue weighted by Crippen LogP contribution is -2.05. The number of halogens is 1. The molecule has 5 nitrogen and oxygen atoms in total. The maximum Gasteiger partial charge on any atom is 0.339 e. The molecular formula is C10H10BrN3O2. The number of carbonyl (C=O) groups excluding carboxylic acids is 1. The van der Waals surface area contributed by atoms with Crippen molar-refractivity contribution < 1.29 is 9.53 Å². The molecule has 16 heavy (non-hydrogen) atoms. The van der Waals surface area contributed by atoms with Gasteiger partial charge in [-0.2, -0.15) is 0 Å². The van der Waals surface area contributed by atoms with E-state index in [-0.39, 0.29) is 5.97 Å². The van der Waals surface area contributed by atoms with Gasteiger partial charge >= 0.3 is 5.97 Å². The molecule has 0 aliphatic heterocycles. The number of carbonyl (C=O) groups is 1. The number of fused-ring (bicyclic) bond motifs is 1. The molecule has 0 bridgehead atoms. The van der Waals surface area contributed by atoms with Crippen molar-refractivity contribution in [1.82, 2.24) is 14.5 Å². The van der Waals surface area contributed by atoms with Gasteiger partial charge in [-0.3, -0.25) is 0 Å². The Balaban J connectivity index is 2.48. The predicted octanol–water partition coefficient (Wildman–Crippen LogP) is 1.91. The zero-order valence-electron chi connectivity index (χ0n) is 8.90. The Morgan fingerprint density at radius 3 is 3.06 bits per heavy atom. The third-order valence-corrected chi connectivity index (χ3v) is 2.87. The standard InChI is InChI=1S/C10H10BrN3O2/c1-3-16-9(15)6-4-7-8(12-5-6)14(2)10(11)13-7/h4-5H,3H2,1-2H3. The number of nitrogens with zero attached hydrogens (tertiary/aromatic N) is 3. The highest BCUT2D eigenvalue weighted by Gasteiger charge is 2.11. The number of hydrogen-bond donors (Lipinski definition) is 0. The van der Waals surface area contributed by atoms with Gasteiger partial charge in [0.05, 0.1) is 12.2 Å². The van der Waals surface area contributed by atoms with Crippen LogP contribution in [0.1, 0.15) is 17.3 Å². The number of hydrogen-bond acceptors (Lipinski definition) is 4. The number of aryl methyl sites for hydroxylation is 1. The highest BCUT2D eigenvalue weighted by molar-refractivity contribution is 9.10. The van der Waals surface area contributed by atoms with Crippen molar-refractivity contribution in [2.75, 3.05) is 6.61 Å². The first-order valence-corrected chi connectivity index (χ1v) is 5.58. The maximum absolute atomic E-state index is 11.5. The third-order valence-electron chi connectivity index (χ3n) is 2.17. The van der Waals surface area contributed by atoms with Crippen LogP contribution in [0.5, 0.6) is 0 Å². The van der Waals surface area contributed by atoms with Crippen LogP contribution >= 0.6 is 15.9 Å². The van der Waals surface area contributed by atoms with E-state index in [2.05, 4.69) is 25.9 Å². The fraction of sp³-hybridized carbons (Fsp3) is 0.300. The second-order valence-corrected chi connectivity index (χ2v) is 3.94. The van der Waals surface area contributed by atoms with Crippen molar-refractivity contribution in [2.45, 2.75) is 6.92 Å². The molecule has 2 aromatic heterocycles. The quantitative estimate of drug-likeness (QED) is 0.790. The summed E-state index contributed by atoms with van der Waals surface area (Å²) < 4.78 is 7.36. The van der Waals surface area contributed by atoms with E-state index in [1.54, 1.807) is 17.6 Å². The molecule has 2 heterocycles. The second-order valence-electron chi connectivity index (χ2n) is 3.23. The average Bonchev–Trinajstić information content (AvgIpc) is 2.55. The molecule has 2 rings (SSSR count). The predicted molar refractivity (Wildman–Crippen MR) is 62.2 cm³/mol. The van der Waals surface area contributed by atoms with Gasteiger partial charge in [0.25, 0.3) is 0 Å². The minimum atomic E-state index is -0.376. The monoisotopic (exact) mass is 283 g/mol. The Morgan fingerprint density at radius 2 is 2.38 bits per heavy atom. The molecule has 0 fully saturated rings. The fourth-order valence-electron chi connectivity index (χ4n) is 1.37. The normalized spacial score (nSPS) is 10.7. The molecule has 0 aliphatic carbocycles. The Kier molecular flexibility index (Phi) is 2.91. The van der Waals surface area contributed by atoms with Gasteiger partial charge in [0.2, 0.25) is 0 Å². The lowest BCUT2D eigenvalue weighted by atomic mass is 10.3. The van der Waals surface area contributed by atoms with E-state index in [4.69, 9.17) is 4.74 Å². The molecule has 0 saturated heterocycles. The van der Waals surface area contributed by atoms with E-state index in [1.807, 2.05) is 7.05 Å². The average molecular weight is 284 g/mol. The number of esters is 1. The van der Waals surface area contributed by atoms with Gasteiger partial charge in [0.1, 0.15) is 5.52 Å². The summed E-state index contributed by atoms with van der Waals surface area (Å²) in [5.41, 5.74) is 1.81. The summed E-state index contributed by atoms with van der Waals surface area (Å²) in [5, 5.41) is 0. The Labute approximate surface area is 101 Å². The lowest BCUT2D eigenvalue weighted by molar-refractivity contribution is 0.0526. The van der Waals surface area contributed by atoms with E-state index in [0.717, 1.165) is 5.65 Å². The van der Waals surface area contributed by atoms with Crippen LogP contribution in [0.4, 0.5) is 0 Å². The van der Waals surface area contributed by atoms with Crippen LogP contribution in [0.2, 0.25) is 0 Å². The van der Waals surface area contributed by atoms with Crippen molar-refractivity contribution in [3.8, 4) is 0 Å². The minimum absolute atomic E-state index is 0.350. The highest BCUT2D eigenvalue weighted by atomic mass is 79.9. The van der Waals surface area contributed by atoms with Crippen molar-refractivity contribution >= 4 is 33.1 Å². The SMILES string of the molecule is CCOC(=O)c1cnc2c(c1)nc(Br)n2C. The zero-order valence-corrected chi connectivity index (χ0v) is 10.5. The first kappa shape index (κ1) is 11.1.